The van der Waals surface area contributed by atoms with Gasteiger partial charge in [0.15, 0.2) is 6.29 Å². The lowest BCUT2D eigenvalue weighted by Crippen LogP contribution is -2.65. The molecule has 2 saturated heterocycles. The molecule has 4 rings (SSSR count). The second-order valence-corrected chi connectivity index (χ2v) is 38.9. The molecular weight excluding hydrogens is 1840 g/mol. The van der Waals surface area contributed by atoms with E-state index in [2.05, 4.69) is 89.2 Å². The summed E-state index contributed by atoms with van der Waals surface area (Å²) in [5.74, 6) is -17.3. The molecule has 804 valence electrons. The van der Waals surface area contributed by atoms with Gasteiger partial charge in [-0.15, -0.1) is 0 Å². The zero-order chi connectivity index (χ0) is 105. The Labute approximate surface area is 837 Å². The number of rotatable bonds is 78. The molecule has 3 heterocycles. The summed E-state index contributed by atoms with van der Waals surface area (Å²) in [4.78, 5) is 229. The predicted octanol–water partition coefficient (Wildman–Crippen LogP) is 8.13. The maximum Gasteiger partial charge on any atom is 0.326 e. The van der Waals surface area contributed by atoms with E-state index in [9.17, 15) is 112 Å². The summed E-state index contributed by atoms with van der Waals surface area (Å²) in [5.41, 5.74) is 0.855. The van der Waals surface area contributed by atoms with Crippen molar-refractivity contribution in [2.45, 2.75) is 442 Å². The van der Waals surface area contributed by atoms with Crippen LogP contribution in [0.5, 0.6) is 5.75 Å². The highest BCUT2D eigenvalue weighted by Crippen LogP contribution is 2.27. The molecule has 2 aliphatic heterocycles. The SMILES string of the molecule is CCCCCCCCCCCCCC(=O)N[C@@H](CO[C@@H]1O[C@H](CO)[C@@H](O)[C@H](O)[C@H]1NC(=O)CC(CCCCCCCCCCC)OC(=O)CCCCCCCCCCCCC)C(=O)NCCC(=O)N[C@@H](CCC(=O)O)C(=O)N[C@H](C(=O)N[C@@H](CC(=O)O)C(=O)N1CCC[C@H]1C(=O)N[C@H](C(=O)NCC(=O)N[C@@H](Cc1cnc[nH]1)C(=O)N[C@@H](CC(C)C)C(=O)N[C@@H](Cc1ccc(O)cc1)C(=O)O)[C@@H](C)CC)C(C)C. The quantitative estimate of drug-likeness (QED) is 0.0219. The zero-order valence-corrected chi connectivity index (χ0v) is 85.5. The van der Waals surface area contributed by atoms with E-state index in [0.717, 1.165) is 108 Å². The van der Waals surface area contributed by atoms with E-state index < -0.39 is 250 Å². The number of unbranched alkanes of at least 4 members (excludes halogenated alkanes) is 28. The van der Waals surface area contributed by atoms with E-state index >= 15 is 0 Å². The number of amides is 12. The lowest BCUT2D eigenvalue weighted by molar-refractivity contribution is -0.271. The van der Waals surface area contributed by atoms with Gasteiger partial charge in [-0.1, -0.05) is 261 Å². The van der Waals surface area contributed by atoms with Crippen molar-refractivity contribution < 1.29 is 127 Å². The number of aliphatic carboxylic acids is 3. The molecule has 1 unspecified atom stereocenters. The summed E-state index contributed by atoms with van der Waals surface area (Å²) in [6.07, 6.45) is 24.7. The molecular formula is C102H170N14O26. The van der Waals surface area contributed by atoms with E-state index in [4.69, 9.17) is 14.2 Å². The van der Waals surface area contributed by atoms with Crippen LogP contribution in [-0.4, -0.2) is 269 Å². The van der Waals surface area contributed by atoms with Crippen molar-refractivity contribution in [2.24, 2.45) is 17.8 Å². The molecule has 0 saturated carbocycles. The monoisotopic (exact) mass is 2010 g/mol. The average molecular weight is 2010 g/mol. The van der Waals surface area contributed by atoms with Gasteiger partial charge in [0, 0.05) is 63.5 Å². The molecule has 2 aliphatic rings. The Bertz CT molecular complexity index is 4110. The van der Waals surface area contributed by atoms with Gasteiger partial charge in [0.1, 0.15) is 90.6 Å². The van der Waals surface area contributed by atoms with Crippen LogP contribution >= 0.6 is 0 Å². The Morgan fingerprint density at radius 3 is 1.56 bits per heavy atom. The van der Waals surface area contributed by atoms with Crippen molar-refractivity contribution in [3.05, 3.63) is 48.0 Å². The largest absolute Gasteiger partial charge is 0.508 e. The van der Waals surface area contributed by atoms with Crippen LogP contribution in [-0.2, 0) is 104 Å². The smallest absolute Gasteiger partial charge is 0.326 e. The molecule has 0 spiro atoms. The third-order valence-corrected chi connectivity index (χ3v) is 25.8. The molecule has 142 heavy (non-hydrogen) atoms. The number of imidazole rings is 1. The summed E-state index contributed by atoms with van der Waals surface area (Å²) in [5, 5.41) is 101. The van der Waals surface area contributed by atoms with Gasteiger partial charge in [-0.2, -0.15) is 0 Å². The molecule has 0 aliphatic carbocycles. The molecule has 40 heteroatoms. The van der Waals surface area contributed by atoms with E-state index in [1.807, 2.05) is 0 Å². The summed E-state index contributed by atoms with van der Waals surface area (Å²) in [6, 6.07) is -9.56. The van der Waals surface area contributed by atoms with E-state index in [1.165, 1.54) is 121 Å². The molecule has 0 radical (unpaired) electrons. The first-order valence-corrected chi connectivity index (χ1v) is 52.3. The highest BCUT2D eigenvalue weighted by atomic mass is 16.7. The Morgan fingerprint density at radius 2 is 1.03 bits per heavy atom. The Kier molecular flexibility index (Phi) is 62.0. The van der Waals surface area contributed by atoms with Crippen LogP contribution in [0.15, 0.2) is 36.8 Å². The third kappa shape index (κ3) is 50.2. The number of nitrogens with one attached hydrogen (secondary N) is 12. The number of likely N-dealkylation sites (tertiary alicyclic amines) is 1. The first-order valence-electron chi connectivity index (χ1n) is 52.3. The maximum atomic E-state index is 14.7. The van der Waals surface area contributed by atoms with Crippen LogP contribution in [0.4, 0.5) is 0 Å². The first kappa shape index (κ1) is 124. The molecule has 40 nitrogen and oxygen atoms in total. The van der Waals surface area contributed by atoms with Gasteiger partial charge in [-0.05, 0) is 86.8 Å². The van der Waals surface area contributed by atoms with Crippen molar-refractivity contribution >= 4 is 94.8 Å². The number of phenolic OH excluding ortho intramolecular Hbond substituents is 1. The number of hydrogen-bond acceptors (Lipinski definition) is 24. The molecule has 1 aromatic carbocycles. The van der Waals surface area contributed by atoms with Crippen LogP contribution in [0.1, 0.15) is 350 Å². The molecule has 0 bridgehead atoms. The fourth-order valence-corrected chi connectivity index (χ4v) is 17.3. The van der Waals surface area contributed by atoms with Gasteiger partial charge in [-0.25, -0.2) is 9.78 Å². The number of esters is 1. The van der Waals surface area contributed by atoms with E-state index in [-0.39, 0.29) is 76.0 Å². The summed E-state index contributed by atoms with van der Waals surface area (Å²) in [6.45, 7) is 13.4. The molecule has 2 fully saturated rings. The number of carbonyl (C=O) groups excluding carboxylic acids is 13. The number of carboxylic acid groups (broad SMARTS) is 3. The normalized spacial score (nSPS) is 17.8. The average Bonchev–Trinajstić information content (AvgIpc) is 0.931. The lowest BCUT2D eigenvalue weighted by atomic mass is 9.96. The highest BCUT2D eigenvalue weighted by molar-refractivity contribution is 5.99. The minimum Gasteiger partial charge on any atom is -0.508 e. The molecule has 12 amide bonds. The minimum absolute atomic E-state index is 0.00819. The molecule has 19 N–H and O–H groups in total. The number of aliphatic hydroxyl groups excluding tert-OH is 3. The first-order chi connectivity index (χ1) is 67.9. The van der Waals surface area contributed by atoms with Crippen molar-refractivity contribution in [1.29, 1.82) is 0 Å². The maximum absolute atomic E-state index is 14.7. The topological polar surface area (TPSA) is 607 Å². The van der Waals surface area contributed by atoms with Crippen LogP contribution in [0.3, 0.4) is 0 Å². The number of hydrogen-bond donors (Lipinski definition) is 19. The number of aromatic nitrogens is 2. The van der Waals surface area contributed by atoms with Crippen LogP contribution in [0, 0.1) is 17.8 Å². The second kappa shape index (κ2) is 71.1. The van der Waals surface area contributed by atoms with Gasteiger partial charge in [0.05, 0.1) is 38.9 Å². The number of aromatic amines is 1. The molecule has 2 aromatic rings. The van der Waals surface area contributed by atoms with Gasteiger partial charge in [-0.3, -0.25) is 71.9 Å². The van der Waals surface area contributed by atoms with Crippen LogP contribution < -0.4 is 58.5 Å². The third-order valence-electron chi connectivity index (χ3n) is 25.8. The number of aliphatic hydroxyl groups is 3. The molecule has 16 atom stereocenters. The second-order valence-electron chi connectivity index (χ2n) is 38.9. The van der Waals surface area contributed by atoms with Crippen molar-refractivity contribution in [3.8, 4) is 5.75 Å². The zero-order valence-electron chi connectivity index (χ0n) is 85.5. The number of aromatic hydroxyl groups is 1. The summed E-state index contributed by atoms with van der Waals surface area (Å²) < 4.78 is 18.1. The Hall–Kier alpha value is -10.5. The van der Waals surface area contributed by atoms with Crippen molar-refractivity contribution in [2.75, 3.05) is 32.8 Å². The van der Waals surface area contributed by atoms with Gasteiger partial charge in [0.25, 0.3) is 0 Å². The van der Waals surface area contributed by atoms with Crippen molar-refractivity contribution in [1.82, 2.24) is 73.4 Å². The van der Waals surface area contributed by atoms with Gasteiger partial charge in [0.2, 0.25) is 70.9 Å². The highest BCUT2D eigenvalue weighted by Gasteiger charge is 2.48. The summed E-state index contributed by atoms with van der Waals surface area (Å²) >= 11 is 0. The number of carbonyl (C=O) groups is 16. The van der Waals surface area contributed by atoms with Crippen molar-refractivity contribution in [3.63, 3.8) is 0 Å². The number of nitrogens with zero attached hydrogens (tertiary/aromatic N) is 2. The Balaban J connectivity index is 1.49. The minimum atomic E-state index is -1.90. The fourth-order valence-electron chi connectivity index (χ4n) is 17.3. The number of phenols is 1. The number of benzene rings is 1. The number of ether oxygens (including phenoxy) is 3. The van der Waals surface area contributed by atoms with E-state index in [1.54, 1.807) is 27.7 Å². The van der Waals surface area contributed by atoms with Gasteiger partial charge < -0.3 is 118 Å². The van der Waals surface area contributed by atoms with Gasteiger partial charge >= 0.3 is 23.9 Å². The standard InChI is InChI=1S/C102H170N14O26/c1-10-14-17-20-23-26-28-31-34-37-40-45-81(119)109-78(64-140-102-90(92(129)91(128)80(63-117)142-102)113-83(121)59-72(43-39-36-33-30-25-22-19-16-12-3)141-87(127)46-41-38-35-32-29-27-24-21-18-15-11-2)93(130)104-54-53-82(120)107-73(51-52-85(123)124)94(131)114-88(67(7)8)99(136)111-76(60-86(125)126)100(137)116-55-42-44-79(116)97(134)115-89(68(9)13-4)98(135)105-62-84(122)108-75(58-70-61-103-65-106-70)96(133)110-74(56-66(5)6)95(132)112-77(101(138)139)57-69-47-49-71(118)50-48-69/h47-50,61,65-68,72-80,88-92,102,117-118,128-129H,10-46,51-60,62-64H2,1-9H3,(H,103,106)(H,104,130)(H,105,135)(H,107,120)(H,108,122)(H,109,119)(H,110,133)(H,111,136)(H,112,132)(H,113,121)(H,114,131)(H,115,134)(H,123,124)(H,125,126)(H,138,139)/t68-,72?,73-,74-,75-,76-,77-,78-,79-,80+,88-,89-,90+,91+,92+,102+/m0/s1. The van der Waals surface area contributed by atoms with Crippen LogP contribution in [0.25, 0.3) is 0 Å². The summed E-state index contributed by atoms with van der Waals surface area (Å²) in [7, 11) is 0. The van der Waals surface area contributed by atoms with E-state index in [0.29, 0.717) is 43.4 Å². The fraction of sp³-hybridized carbons (Fsp3) is 0.755. The lowest BCUT2D eigenvalue weighted by Gasteiger charge is -2.42. The Morgan fingerprint density at radius 1 is 0.500 bits per heavy atom. The predicted molar refractivity (Wildman–Crippen MR) is 530 cm³/mol. The number of carboxylic acids is 3. The number of H-pyrrole nitrogens is 1. The molecule has 1 aromatic heterocycles. The van der Waals surface area contributed by atoms with Crippen LogP contribution in [0.2, 0.25) is 0 Å².